The summed E-state index contributed by atoms with van der Waals surface area (Å²) in [6, 6.07) is 3.45. The molecule has 1 atom stereocenters. The van der Waals surface area contributed by atoms with Gasteiger partial charge in [-0.15, -0.1) is 0 Å². The smallest absolute Gasteiger partial charge is 0.137 e. The Morgan fingerprint density at radius 2 is 2.13 bits per heavy atom. The Balaban J connectivity index is 3.04. The predicted octanol–water partition coefficient (Wildman–Crippen LogP) is 2.07. The zero-order valence-electron chi connectivity index (χ0n) is 8.83. The molecule has 15 heavy (non-hydrogen) atoms. The van der Waals surface area contributed by atoms with Crippen LogP contribution in [0, 0.1) is 6.92 Å². The molecule has 1 unspecified atom stereocenters. The van der Waals surface area contributed by atoms with E-state index in [1.807, 2.05) is 6.92 Å². The van der Waals surface area contributed by atoms with E-state index in [-0.39, 0.29) is 6.61 Å². The van der Waals surface area contributed by atoms with E-state index in [0.29, 0.717) is 17.2 Å². The minimum Gasteiger partial charge on any atom is -0.495 e. The van der Waals surface area contributed by atoms with E-state index in [2.05, 4.69) is 0 Å². The van der Waals surface area contributed by atoms with Crippen molar-refractivity contribution in [2.24, 2.45) is 0 Å². The largest absolute Gasteiger partial charge is 0.495 e. The van der Waals surface area contributed by atoms with Crippen molar-refractivity contribution in [1.82, 2.24) is 0 Å². The van der Waals surface area contributed by atoms with Gasteiger partial charge < -0.3 is 14.9 Å². The monoisotopic (exact) mass is 230 g/mol. The Kier molecular flexibility index (Phi) is 4.39. The normalized spacial score (nSPS) is 12.6. The van der Waals surface area contributed by atoms with Crippen LogP contribution in [0.5, 0.6) is 5.75 Å². The van der Waals surface area contributed by atoms with Gasteiger partial charge in [-0.25, -0.2) is 0 Å². The minimum atomic E-state index is -0.682. The Bertz CT molecular complexity index is 339. The van der Waals surface area contributed by atoms with Gasteiger partial charge in [0.15, 0.2) is 0 Å². The Morgan fingerprint density at radius 1 is 1.47 bits per heavy atom. The lowest BCUT2D eigenvalue weighted by atomic mass is 10.0. The Labute approximate surface area is 94.3 Å². The number of benzene rings is 1. The summed E-state index contributed by atoms with van der Waals surface area (Å²) in [6.07, 6.45) is -0.373. The molecule has 0 saturated carbocycles. The highest BCUT2D eigenvalue weighted by molar-refractivity contribution is 6.32. The lowest BCUT2D eigenvalue weighted by Crippen LogP contribution is -2.03. The summed E-state index contributed by atoms with van der Waals surface area (Å²) in [7, 11) is 1.55. The van der Waals surface area contributed by atoms with Crippen molar-refractivity contribution >= 4 is 11.6 Å². The average molecular weight is 231 g/mol. The third kappa shape index (κ3) is 2.84. The van der Waals surface area contributed by atoms with Gasteiger partial charge in [0.25, 0.3) is 0 Å². The van der Waals surface area contributed by atoms with Crippen molar-refractivity contribution in [3.8, 4) is 5.75 Å². The number of ether oxygens (including phenoxy) is 1. The van der Waals surface area contributed by atoms with E-state index in [1.165, 1.54) is 0 Å². The van der Waals surface area contributed by atoms with E-state index in [0.717, 1.165) is 11.1 Å². The minimum absolute atomic E-state index is 0.0513. The molecule has 1 aromatic rings. The van der Waals surface area contributed by atoms with Crippen LogP contribution in [0.4, 0.5) is 0 Å². The quantitative estimate of drug-likeness (QED) is 0.833. The van der Waals surface area contributed by atoms with Crippen molar-refractivity contribution < 1.29 is 14.9 Å². The van der Waals surface area contributed by atoms with E-state index in [9.17, 15) is 5.11 Å². The Morgan fingerprint density at radius 3 is 2.67 bits per heavy atom. The van der Waals surface area contributed by atoms with Gasteiger partial charge in [0.05, 0.1) is 18.2 Å². The molecule has 0 heterocycles. The molecule has 0 amide bonds. The van der Waals surface area contributed by atoms with Gasteiger partial charge in [-0.3, -0.25) is 0 Å². The van der Waals surface area contributed by atoms with Gasteiger partial charge in [-0.05, 0) is 30.2 Å². The zero-order chi connectivity index (χ0) is 11.4. The zero-order valence-corrected chi connectivity index (χ0v) is 9.58. The molecule has 0 radical (unpaired) electrons. The topological polar surface area (TPSA) is 49.7 Å². The van der Waals surface area contributed by atoms with Crippen LogP contribution in [0.1, 0.15) is 23.7 Å². The van der Waals surface area contributed by atoms with Crippen molar-refractivity contribution in [3.05, 3.63) is 28.3 Å². The highest BCUT2D eigenvalue weighted by atomic mass is 35.5. The van der Waals surface area contributed by atoms with Gasteiger partial charge in [-0.1, -0.05) is 11.6 Å². The van der Waals surface area contributed by atoms with Crippen LogP contribution in [0.2, 0.25) is 5.02 Å². The van der Waals surface area contributed by atoms with Crippen LogP contribution in [-0.2, 0) is 0 Å². The second kappa shape index (κ2) is 5.35. The third-order valence-electron chi connectivity index (χ3n) is 2.30. The number of aryl methyl sites for hydroxylation is 1. The number of rotatable bonds is 4. The molecule has 0 saturated heterocycles. The molecule has 4 heteroatoms. The van der Waals surface area contributed by atoms with Gasteiger partial charge in [0.2, 0.25) is 0 Å². The van der Waals surface area contributed by atoms with Crippen molar-refractivity contribution in [1.29, 1.82) is 0 Å². The molecular weight excluding hydrogens is 216 g/mol. The van der Waals surface area contributed by atoms with Gasteiger partial charge >= 0.3 is 0 Å². The summed E-state index contributed by atoms with van der Waals surface area (Å²) in [4.78, 5) is 0. The first kappa shape index (κ1) is 12.3. The maximum atomic E-state index is 9.73. The van der Waals surface area contributed by atoms with Crippen LogP contribution in [-0.4, -0.2) is 23.9 Å². The molecule has 1 rings (SSSR count). The maximum absolute atomic E-state index is 9.73. The van der Waals surface area contributed by atoms with Crippen LogP contribution in [0.15, 0.2) is 12.1 Å². The molecule has 84 valence electrons. The summed E-state index contributed by atoms with van der Waals surface area (Å²) >= 11 is 5.95. The summed E-state index contributed by atoms with van der Waals surface area (Å²) < 4.78 is 5.06. The van der Waals surface area contributed by atoms with Crippen LogP contribution in [0.3, 0.4) is 0 Å². The molecule has 0 aromatic heterocycles. The van der Waals surface area contributed by atoms with Crippen molar-refractivity contribution in [3.63, 3.8) is 0 Å². The molecule has 2 N–H and O–H groups in total. The molecule has 1 aromatic carbocycles. The molecular formula is C11H15ClO3. The maximum Gasteiger partial charge on any atom is 0.137 e. The lowest BCUT2D eigenvalue weighted by molar-refractivity contribution is 0.134. The fourth-order valence-electron chi connectivity index (χ4n) is 1.46. The van der Waals surface area contributed by atoms with E-state index >= 15 is 0 Å². The van der Waals surface area contributed by atoms with E-state index in [1.54, 1.807) is 19.2 Å². The SMILES string of the molecule is COc1cc(C)c(C(O)CCO)cc1Cl. The number of hydrogen-bond donors (Lipinski definition) is 2. The second-order valence-corrected chi connectivity index (χ2v) is 3.78. The Hall–Kier alpha value is -0.770. The summed E-state index contributed by atoms with van der Waals surface area (Å²) in [6.45, 7) is 1.82. The first-order valence-corrected chi connectivity index (χ1v) is 5.11. The van der Waals surface area contributed by atoms with E-state index in [4.69, 9.17) is 21.4 Å². The highest BCUT2D eigenvalue weighted by Gasteiger charge is 2.13. The number of aliphatic hydroxyl groups is 2. The third-order valence-corrected chi connectivity index (χ3v) is 2.60. The van der Waals surface area contributed by atoms with Gasteiger partial charge in [0.1, 0.15) is 5.75 Å². The molecule has 0 aliphatic rings. The molecule has 3 nitrogen and oxygen atoms in total. The average Bonchev–Trinajstić information content (AvgIpc) is 2.21. The standard InChI is InChI=1S/C11H15ClO3/c1-7-5-11(15-2)9(12)6-8(7)10(14)3-4-13/h5-6,10,13-14H,3-4H2,1-2H3. The summed E-state index contributed by atoms with van der Waals surface area (Å²) in [5.74, 6) is 0.592. The number of methoxy groups -OCH3 is 1. The van der Waals surface area contributed by atoms with Crippen LogP contribution < -0.4 is 4.74 Å². The van der Waals surface area contributed by atoms with Crippen LogP contribution in [0.25, 0.3) is 0 Å². The van der Waals surface area contributed by atoms with Crippen LogP contribution >= 0.6 is 11.6 Å². The number of aliphatic hydroxyl groups excluding tert-OH is 2. The second-order valence-electron chi connectivity index (χ2n) is 3.37. The van der Waals surface area contributed by atoms with Gasteiger partial charge in [-0.2, -0.15) is 0 Å². The first-order valence-electron chi connectivity index (χ1n) is 4.73. The fraction of sp³-hybridized carbons (Fsp3) is 0.455. The molecule has 0 fully saturated rings. The molecule has 0 aliphatic heterocycles. The van der Waals surface area contributed by atoms with Crippen molar-refractivity contribution in [2.45, 2.75) is 19.4 Å². The molecule has 0 aliphatic carbocycles. The number of halogens is 1. The highest BCUT2D eigenvalue weighted by Crippen LogP contribution is 2.31. The first-order chi connectivity index (χ1) is 7.10. The number of hydrogen-bond acceptors (Lipinski definition) is 3. The van der Waals surface area contributed by atoms with Gasteiger partial charge in [0, 0.05) is 13.0 Å². The van der Waals surface area contributed by atoms with Crippen molar-refractivity contribution in [2.75, 3.05) is 13.7 Å². The molecule has 0 bridgehead atoms. The lowest BCUT2D eigenvalue weighted by Gasteiger charge is -2.14. The fourth-order valence-corrected chi connectivity index (χ4v) is 1.71. The van der Waals surface area contributed by atoms with E-state index < -0.39 is 6.10 Å². The molecule has 0 spiro atoms. The summed E-state index contributed by atoms with van der Waals surface area (Å²) in [5, 5.41) is 18.9. The predicted molar refractivity (Wildman–Crippen MR) is 59.4 cm³/mol. The summed E-state index contributed by atoms with van der Waals surface area (Å²) in [5.41, 5.74) is 1.63.